The number of hydrogen-bond acceptors (Lipinski definition) is 4. The first-order valence-corrected chi connectivity index (χ1v) is 9.63. The first-order chi connectivity index (χ1) is 12.9. The summed E-state index contributed by atoms with van der Waals surface area (Å²) in [6.07, 6.45) is 3.74. The fourth-order valence-corrected chi connectivity index (χ4v) is 2.19. The van der Waals surface area contributed by atoms with Crippen LogP contribution in [-0.4, -0.2) is 8.42 Å². The van der Waals surface area contributed by atoms with Gasteiger partial charge in [0.2, 0.25) is 0 Å². The van der Waals surface area contributed by atoms with Gasteiger partial charge in [-0.2, -0.15) is 8.42 Å². The lowest BCUT2D eigenvalue weighted by atomic mass is 10.1. The molecule has 0 radical (unpaired) electrons. The average Bonchev–Trinajstić information content (AvgIpc) is 2.69. The molecule has 0 bridgehead atoms. The molecule has 0 spiro atoms. The Hall–Kier alpha value is -3.13. The van der Waals surface area contributed by atoms with Gasteiger partial charge in [-0.15, -0.1) is 0 Å². The molecule has 0 saturated carbocycles. The fourth-order valence-electron chi connectivity index (χ4n) is 2.19. The Morgan fingerprint density at radius 2 is 1.15 bits per heavy atom. The number of nitrogens with one attached hydrogen (secondary N) is 1. The monoisotopic (exact) mass is 383 g/mol. The zero-order chi connectivity index (χ0) is 19.5. The Morgan fingerprint density at radius 1 is 0.704 bits per heavy atom. The number of hydroxylamine groups is 1. The summed E-state index contributed by atoms with van der Waals surface area (Å²) < 4.78 is 18.4. The maximum atomic E-state index is 9.19. The number of nitrogens with two attached hydrogens (primary N) is 2. The summed E-state index contributed by atoms with van der Waals surface area (Å²) >= 11 is 0. The van der Waals surface area contributed by atoms with Crippen LogP contribution in [0.4, 0.5) is 0 Å². The average molecular weight is 383 g/mol. The van der Waals surface area contributed by atoms with Gasteiger partial charge in [0.05, 0.1) is 0 Å². The first kappa shape index (κ1) is 20.2. The molecule has 7 heteroatoms. The lowest BCUT2D eigenvalue weighted by Crippen LogP contribution is -2.21. The molecule has 0 saturated heterocycles. The quantitative estimate of drug-likeness (QED) is 0.600. The van der Waals surface area contributed by atoms with Crippen molar-refractivity contribution in [3.63, 3.8) is 0 Å². The van der Waals surface area contributed by atoms with Crippen molar-refractivity contribution in [1.29, 1.82) is 0 Å². The van der Waals surface area contributed by atoms with Gasteiger partial charge in [-0.1, -0.05) is 78.9 Å². The second-order valence-corrected chi connectivity index (χ2v) is 6.59. The van der Waals surface area contributed by atoms with Crippen molar-refractivity contribution in [2.24, 2.45) is 10.3 Å². The number of para-hydroxylation sites is 1. The van der Waals surface area contributed by atoms with Gasteiger partial charge >= 0.3 is 0 Å². The largest absolute Gasteiger partial charge is 0.382 e. The summed E-state index contributed by atoms with van der Waals surface area (Å²) in [5.41, 5.74) is 6.32. The highest BCUT2D eigenvalue weighted by Crippen LogP contribution is 2.20. The summed E-state index contributed by atoms with van der Waals surface area (Å²) in [5.74, 6) is 0.880. The van der Waals surface area contributed by atoms with E-state index in [9.17, 15) is 8.42 Å². The first-order valence-electron chi connectivity index (χ1n) is 8.02. The standard InChI is InChI=1S/C12H10.C8H7NO.H4N2O2S/c1-3-7-11(8-4-1)12-9-5-2-6-10-12;1-2-4-8-7(3-1)5-6-9-10-8;1-5(2,3)4/h1-10H;1-6,9H;(H4,1,2,3,4). The van der Waals surface area contributed by atoms with Crippen LogP contribution in [0, 0.1) is 0 Å². The molecule has 0 fully saturated rings. The zero-order valence-electron chi connectivity index (χ0n) is 14.5. The van der Waals surface area contributed by atoms with Gasteiger partial charge in [0.15, 0.2) is 5.75 Å². The lowest BCUT2D eigenvalue weighted by molar-refractivity contribution is 0.239. The molecular formula is C20H21N3O3S. The topological polar surface area (TPSA) is 107 Å². The highest BCUT2D eigenvalue weighted by molar-refractivity contribution is 7.86. The van der Waals surface area contributed by atoms with Crippen LogP contribution >= 0.6 is 0 Å². The minimum Gasteiger partial charge on any atom is -0.382 e. The van der Waals surface area contributed by atoms with Crippen molar-refractivity contribution in [1.82, 2.24) is 5.48 Å². The van der Waals surface area contributed by atoms with Crippen LogP contribution in [0.25, 0.3) is 17.2 Å². The van der Waals surface area contributed by atoms with Crippen LogP contribution in [0.15, 0.2) is 91.1 Å². The van der Waals surface area contributed by atoms with Gasteiger partial charge in [0, 0.05) is 11.8 Å². The molecule has 0 unspecified atom stereocenters. The van der Waals surface area contributed by atoms with E-state index in [2.05, 4.69) is 64.3 Å². The van der Waals surface area contributed by atoms with Crippen LogP contribution in [0.2, 0.25) is 0 Å². The number of fused-ring (bicyclic) bond motifs is 1. The summed E-state index contributed by atoms with van der Waals surface area (Å²) in [6.45, 7) is 0. The summed E-state index contributed by atoms with van der Waals surface area (Å²) in [4.78, 5) is 5.09. The third-order valence-corrected chi connectivity index (χ3v) is 3.30. The molecule has 140 valence electrons. The van der Waals surface area contributed by atoms with Crippen LogP contribution < -0.4 is 20.6 Å². The van der Waals surface area contributed by atoms with Crippen molar-refractivity contribution in [2.45, 2.75) is 0 Å². The van der Waals surface area contributed by atoms with Crippen molar-refractivity contribution >= 4 is 16.3 Å². The van der Waals surface area contributed by atoms with E-state index in [1.165, 1.54) is 11.1 Å². The van der Waals surface area contributed by atoms with Crippen LogP contribution in [0.3, 0.4) is 0 Å². The Bertz CT molecular complexity index is 915. The molecule has 0 aromatic heterocycles. The van der Waals surface area contributed by atoms with Crippen LogP contribution in [0.1, 0.15) is 5.56 Å². The van der Waals surface area contributed by atoms with Crippen molar-refractivity contribution in [3.8, 4) is 16.9 Å². The predicted molar refractivity (Wildman–Crippen MR) is 108 cm³/mol. The Labute approximate surface area is 159 Å². The van der Waals surface area contributed by atoms with E-state index in [4.69, 9.17) is 4.84 Å². The number of rotatable bonds is 1. The molecule has 0 aliphatic carbocycles. The van der Waals surface area contributed by atoms with E-state index in [0.717, 1.165) is 11.3 Å². The zero-order valence-corrected chi connectivity index (χ0v) is 15.3. The molecule has 1 aliphatic rings. The minimum absolute atomic E-state index is 0.880. The number of benzene rings is 3. The van der Waals surface area contributed by atoms with E-state index in [1.54, 1.807) is 6.20 Å². The Morgan fingerprint density at radius 3 is 1.63 bits per heavy atom. The van der Waals surface area contributed by atoms with Gasteiger partial charge in [0.1, 0.15) is 0 Å². The van der Waals surface area contributed by atoms with Crippen molar-refractivity contribution in [3.05, 3.63) is 96.7 Å². The summed E-state index contributed by atoms with van der Waals surface area (Å²) in [7, 11) is -3.67. The third kappa shape index (κ3) is 8.19. The Kier molecular flexibility index (Phi) is 7.57. The van der Waals surface area contributed by atoms with E-state index in [1.807, 2.05) is 42.5 Å². The second-order valence-electron chi connectivity index (χ2n) is 5.41. The molecule has 6 nitrogen and oxygen atoms in total. The van der Waals surface area contributed by atoms with Gasteiger partial charge in [-0.25, -0.2) is 15.8 Å². The highest BCUT2D eigenvalue weighted by Gasteiger charge is 2.01. The SMILES string of the molecule is C1=Cc2ccccc2ON1.NS(N)(=O)=O.c1ccc(-c2ccccc2)cc1. The highest BCUT2D eigenvalue weighted by atomic mass is 32.2. The van der Waals surface area contributed by atoms with E-state index in [-0.39, 0.29) is 0 Å². The third-order valence-electron chi connectivity index (χ3n) is 3.30. The second kappa shape index (κ2) is 10.1. The van der Waals surface area contributed by atoms with E-state index in [0.29, 0.717) is 0 Å². The molecule has 4 rings (SSSR count). The molecule has 27 heavy (non-hydrogen) atoms. The molecule has 1 heterocycles. The predicted octanol–water partition coefficient (Wildman–Crippen LogP) is 3.06. The molecule has 1 aliphatic heterocycles. The van der Waals surface area contributed by atoms with Gasteiger partial charge < -0.3 is 4.84 Å². The maximum Gasteiger partial charge on any atom is 0.271 e. The van der Waals surface area contributed by atoms with Crippen LogP contribution in [-0.2, 0) is 10.2 Å². The molecule has 3 aromatic carbocycles. The molecular weight excluding hydrogens is 362 g/mol. The van der Waals surface area contributed by atoms with Crippen molar-refractivity contribution < 1.29 is 13.3 Å². The lowest BCUT2D eigenvalue weighted by Gasteiger charge is -2.11. The summed E-state index contributed by atoms with van der Waals surface area (Å²) in [6, 6.07) is 28.6. The van der Waals surface area contributed by atoms with Gasteiger partial charge in [-0.3, -0.25) is 0 Å². The van der Waals surface area contributed by atoms with Gasteiger partial charge in [-0.05, 0) is 23.3 Å². The normalized spacial score (nSPS) is 11.3. The van der Waals surface area contributed by atoms with Crippen LogP contribution in [0.5, 0.6) is 5.75 Å². The summed E-state index contributed by atoms with van der Waals surface area (Å²) in [5, 5.41) is 8.21. The molecule has 5 N–H and O–H groups in total. The van der Waals surface area contributed by atoms with Gasteiger partial charge in [0.25, 0.3) is 10.2 Å². The van der Waals surface area contributed by atoms with E-state index < -0.39 is 10.2 Å². The smallest absolute Gasteiger partial charge is 0.271 e. The maximum absolute atomic E-state index is 9.19. The minimum atomic E-state index is -3.67. The van der Waals surface area contributed by atoms with E-state index >= 15 is 0 Å². The molecule has 0 amide bonds. The fraction of sp³-hybridized carbons (Fsp3) is 0. The van der Waals surface area contributed by atoms with Crippen molar-refractivity contribution in [2.75, 3.05) is 0 Å². The Balaban J connectivity index is 0.000000158. The molecule has 3 aromatic rings. The molecule has 0 atom stereocenters. The number of hydrogen-bond donors (Lipinski definition) is 3.